The Morgan fingerprint density at radius 1 is 1.15 bits per heavy atom. The molecule has 1 aromatic heterocycles. The number of benzene rings is 1. The Kier molecular flexibility index (Phi) is 5.23. The fraction of sp³-hybridized carbons (Fsp3) is 0.214. The SMILES string of the molecule is CNC(Cc1ccc(Br)cn1)c1c(F)cc(Br)cc1F. The van der Waals surface area contributed by atoms with Gasteiger partial charge in [-0.25, -0.2) is 8.78 Å². The lowest BCUT2D eigenvalue weighted by Gasteiger charge is -2.18. The second kappa shape index (κ2) is 6.74. The average molecular weight is 406 g/mol. The van der Waals surface area contributed by atoms with Crippen molar-refractivity contribution in [3.05, 3.63) is 62.3 Å². The zero-order valence-electron chi connectivity index (χ0n) is 10.6. The third-order valence-electron chi connectivity index (χ3n) is 2.94. The van der Waals surface area contributed by atoms with Crippen molar-refractivity contribution in [2.24, 2.45) is 0 Å². The Labute approximate surface area is 132 Å². The highest BCUT2D eigenvalue weighted by atomic mass is 79.9. The Morgan fingerprint density at radius 3 is 2.30 bits per heavy atom. The van der Waals surface area contributed by atoms with Crippen LogP contribution in [0.3, 0.4) is 0 Å². The highest BCUT2D eigenvalue weighted by molar-refractivity contribution is 9.10. The Morgan fingerprint density at radius 2 is 1.80 bits per heavy atom. The minimum Gasteiger partial charge on any atom is -0.312 e. The van der Waals surface area contributed by atoms with Gasteiger partial charge in [0.2, 0.25) is 0 Å². The Hall–Kier alpha value is -0.850. The molecule has 1 atom stereocenters. The van der Waals surface area contributed by atoms with Gasteiger partial charge < -0.3 is 5.32 Å². The van der Waals surface area contributed by atoms with E-state index >= 15 is 0 Å². The van der Waals surface area contributed by atoms with E-state index in [4.69, 9.17) is 0 Å². The first-order chi connectivity index (χ1) is 9.51. The second-order valence-corrected chi connectivity index (χ2v) is 6.13. The summed E-state index contributed by atoms with van der Waals surface area (Å²) < 4.78 is 29.2. The molecule has 6 heteroatoms. The van der Waals surface area contributed by atoms with Crippen molar-refractivity contribution in [3.8, 4) is 0 Å². The highest BCUT2D eigenvalue weighted by Gasteiger charge is 2.20. The lowest BCUT2D eigenvalue weighted by molar-refractivity contribution is 0.486. The van der Waals surface area contributed by atoms with Crippen molar-refractivity contribution in [1.29, 1.82) is 0 Å². The number of hydrogen-bond donors (Lipinski definition) is 1. The number of rotatable bonds is 4. The number of halogens is 4. The van der Waals surface area contributed by atoms with Crippen LogP contribution in [0.4, 0.5) is 8.78 Å². The second-order valence-electron chi connectivity index (χ2n) is 4.30. The molecule has 0 spiro atoms. The third kappa shape index (κ3) is 3.62. The van der Waals surface area contributed by atoms with Crippen LogP contribution in [-0.2, 0) is 6.42 Å². The summed E-state index contributed by atoms with van der Waals surface area (Å²) in [6.07, 6.45) is 2.07. The van der Waals surface area contributed by atoms with Crippen LogP contribution in [0.15, 0.2) is 39.4 Å². The topological polar surface area (TPSA) is 24.9 Å². The van der Waals surface area contributed by atoms with Crippen LogP contribution >= 0.6 is 31.9 Å². The standard InChI is InChI=1S/C14H12Br2F2N2/c1-19-13(6-10-3-2-8(15)7-20-10)14-11(17)4-9(16)5-12(14)18/h2-5,7,13,19H,6H2,1H3. The van der Waals surface area contributed by atoms with E-state index in [-0.39, 0.29) is 5.56 Å². The molecule has 0 radical (unpaired) electrons. The molecule has 0 fully saturated rings. The molecule has 0 aliphatic heterocycles. The van der Waals surface area contributed by atoms with Crippen molar-refractivity contribution in [2.45, 2.75) is 12.5 Å². The maximum absolute atomic E-state index is 14.0. The highest BCUT2D eigenvalue weighted by Crippen LogP contribution is 2.27. The first-order valence-electron chi connectivity index (χ1n) is 5.93. The van der Waals surface area contributed by atoms with E-state index in [1.807, 2.05) is 12.1 Å². The summed E-state index contributed by atoms with van der Waals surface area (Å²) in [6, 6.07) is 5.72. The van der Waals surface area contributed by atoms with Crippen molar-refractivity contribution >= 4 is 31.9 Å². The molecule has 20 heavy (non-hydrogen) atoms. The van der Waals surface area contributed by atoms with Crippen molar-refractivity contribution in [1.82, 2.24) is 10.3 Å². The quantitative estimate of drug-likeness (QED) is 0.815. The number of aromatic nitrogens is 1. The smallest absolute Gasteiger partial charge is 0.132 e. The van der Waals surface area contributed by atoms with Gasteiger partial charge in [-0.1, -0.05) is 15.9 Å². The predicted molar refractivity (Wildman–Crippen MR) is 81.5 cm³/mol. The van der Waals surface area contributed by atoms with Gasteiger partial charge >= 0.3 is 0 Å². The van der Waals surface area contributed by atoms with Gasteiger partial charge in [-0.3, -0.25) is 4.98 Å². The molecular formula is C14H12Br2F2N2. The van der Waals surface area contributed by atoms with E-state index in [1.165, 1.54) is 12.1 Å². The fourth-order valence-corrected chi connectivity index (χ4v) is 2.61. The molecule has 1 N–H and O–H groups in total. The van der Waals surface area contributed by atoms with Gasteiger partial charge in [0.05, 0.1) is 0 Å². The van der Waals surface area contributed by atoms with Gasteiger partial charge in [0.1, 0.15) is 11.6 Å². The van der Waals surface area contributed by atoms with Crippen molar-refractivity contribution < 1.29 is 8.78 Å². The summed E-state index contributed by atoms with van der Waals surface area (Å²) in [5.41, 5.74) is 0.787. The number of pyridine rings is 1. The normalized spacial score (nSPS) is 12.4. The Balaban J connectivity index is 2.31. The molecule has 0 amide bonds. The van der Waals surface area contributed by atoms with Gasteiger partial charge in [-0.2, -0.15) is 0 Å². The maximum atomic E-state index is 14.0. The van der Waals surface area contributed by atoms with E-state index in [9.17, 15) is 8.78 Å². The molecule has 0 saturated carbocycles. The predicted octanol–water partition coefficient (Wildman–Crippen LogP) is 4.39. The number of hydrogen-bond acceptors (Lipinski definition) is 2. The lowest BCUT2D eigenvalue weighted by atomic mass is 10.0. The van der Waals surface area contributed by atoms with Crippen LogP contribution in [0.5, 0.6) is 0 Å². The van der Waals surface area contributed by atoms with Gasteiger partial charge in [0.25, 0.3) is 0 Å². The van der Waals surface area contributed by atoms with Gasteiger partial charge in [0.15, 0.2) is 0 Å². The van der Waals surface area contributed by atoms with Crippen LogP contribution < -0.4 is 5.32 Å². The molecule has 0 bridgehead atoms. The zero-order chi connectivity index (χ0) is 14.7. The molecule has 0 aliphatic rings. The molecule has 1 unspecified atom stereocenters. The van der Waals surface area contributed by atoms with E-state index in [1.54, 1.807) is 13.2 Å². The van der Waals surface area contributed by atoms with Gasteiger partial charge in [-0.15, -0.1) is 0 Å². The Bertz CT molecular complexity index is 580. The molecule has 1 aromatic carbocycles. The molecule has 0 saturated heterocycles. The van der Waals surface area contributed by atoms with Crippen LogP contribution in [0, 0.1) is 11.6 Å². The van der Waals surface area contributed by atoms with Crippen molar-refractivity contribution in [3.63, 3.8) is 0 Å². The molecule has 106 valence electrons. The maximum Gasteiger partial charge on any atom is 0.132 e. The number of likely N-dealkylation sites (N-methyl/N-ethyl adjacent to an activating group) is 1. The van der Waals surface area contributed by atoms with E-state index < -0.39 is 17.7 Å². The minimum atomic E-state index is -0.576. The third-order valence-corrected chi connectivity index (χ3v) is 3.87. The zero-order valence-corrected chi connectivity index (χ0v) is 13.8. The average Bonchev–Trinajstić information content (AvgIpc) is 2.38. The van der Waals surface area contributed by atoms with E-state index in [0.29, 0.717) is 10.9 Å². The molecule has 2 rings (SSSR count). The molecule has 0 aliphatic carbocycles. The van der Waals surface area contributed by atoms with E-state index in [2.05, 4.69) is 42.2 Å². The van der Waals surface area contributed by atoms with Gasteiger partial charge in [-0.05, 0) is 47.2 Å². The summed E-state index contributed by atoms with van der Waals surface area (Å²) >= 11 is 6.38. The first-order valence-corrected chi connectivity index (χ1v) is 7.52. The largest absolute Gasteiger partial charge is 0.312 e. The first kappa shape index (κ1) is 15.5. The van der Waals surface area contributed by atoms with Gasteiger partial charge in [0, 0.05) is 38.9 Å². The number of nitrogens with one attached hydrogen (secondary N) is 1. The molecule has 2 aromatic rings. The lowest BCUT2D eigenvalue weighted by Crippen LogP contribution is -2.22. The molecular weight excluding hydrogens is 394 g/mol. The summed E-state index contributed by atoms with van der Waals surface area (Å²) in [6.45, 7) is 0. The van der Waals surface area contributed by atoms with Crippen molar-refractivity contribution in [2.75, 3.05) is 7.05 Å². The summed E-state index contributed by atoms with van der Waals surface area (Å²) in [5, 5.41) is 2.94. The monoisotopic (exact) mass is 404 g/mol. The van der Waals surface area contributed by atoms with E-state index in [0.717, 1.165) is 10.2 Å². The van der Waals surface area contributed by atoms with Crippen LogP contribution in [0.1, 0.15) is 17.3 Å². The number of nitrogens with zero attached hydrogens (tertiary/aromatic N) is 1. The fourth-order valence-electron chi connectivity index (χ4n) is 1.97. The van der Waals surface area contributed by atoms with Crippen LogP contribution in [0.25, 0.3) is 0 Å². The summed E-state index contributed by atoms with van der Waals surface area (Å²) in [5.74, 6) is -1.15. The molecule has 2 nitrogen and oxygen atoms in total. The van der Waals surface area contributed by atoms with Crippen LogP contribution in [0.2, 0.25) is 0 Å². The summed E-state index contributed by atoms with van der Waals surface area (Å²) in [7, 11) is 1.67. The molecule has 1 heterocycles. The van der Waals surface area contributed by atoms with Crippen LogP contribution in [-0.4, -0.2) is 12.0 Å². The summed E-state index contributed by atoms with van der Waals surface area (Å²) in [4.78, 5) is 4.23. The minimum absolute atomic E-state index is 0.0282.